The predicted octanol–water partition coefficient (Wildman–Crippen LogP) is 4.66. The SMILES string of the molecule is C=C(NC)N1CCCc2c(CC)cc(-c3ccccc3C)cc2C1. The van der Waals surface area contributed by atoms with E-state index in [1.165, 1.54) is 40.7 Å². The molecule has 2 heteroatoms. The van der Waals surface area contributed by atoms with E-state index in [1.54, 1.807) is 5.56 Å². The van der Waals surface area contributed by atoms with E-state index in [1.807, 2.05) is 7.05 Å². The van der Waals surface area contributed by atoms with Crippen molar-refractivity contribution in [3.63, 3.8) is 0 Å². The highest BCUT2D eigenvalue weighted by atomic mass is 15.2. The molecule has 3 rings (SSSR count). The van der Waals surface area contributed by atoms with E-state index in [-0.39, 0.29) is 0 Å². The van der Waals surface area contributed by atoms with Crippen LogP contribution in [0.15, 0.2) is 48.8 Å². The van der Waals surface area contributed by atoms with Gasteiger partial charge in [0.25, 0.3) is 0 Å². The van der Waals surface area contributed by atoms with Crippen molar-refractivity contribution in [1.82, 2.24) is 10.2 Å². The van der Waals surface area contributed by atoms with Gasteiger partial charge in [-0.3, -0.25) is 0 Å². The van der Waals surface area contributed by atoms with Crippen LogP contribution in [-0.2, 0) is 19.4 Å². The van der Waals surface area contributed by atoms with Gasteiger partial charge in [0.05, 0.1) is 5.82 Å². The first kappa shape index (κ1) is 16.6. The molecule has 2 aromatic rings. The van der Waals surface area contributed by atoms with Crippen LogP contribution in [0.3, 0.4) is 0 Å². The van der Waals surface area contributed by atoms with Crippen LogP contribution in [0.1, 0.15) is 35.6 Å². The highest BCUT2D eigenvalue weighted by Crippen LogP contribution is 2.31. The molecule has 0 spiro atoms. The quantitative estimate of drug-likeness (QED) is 0.881. The Morgan fingerprint density at radius 3 is 2.75 bits per heavy atom. The van der Waals surface area contributed by atoms with Gasteiger partial charge in [-0.05, 0) is 65.6 Å². The van der Waals surface area contributed by atoms with Crippen molar-refractivity contribution in [1.29, 1.82) is 0 Å². The third-order valence-corrected chi connectivity index (χ3v) is 5.16. The van der Waals surface area contributed by atoms with Crippen LogP contribution >= 0.6 is 0 Å². The number of fused-ring (bicyclic) bond motifs is 1. The summed E-state index contributed by atoms with van der Waals surface area (Å²) in [5.74, 6) is 1.02. The maximum absolute atomic E-state index is 4.16. The van der Waals surface area contributed by atoms with Gasteiger partial charge in [-0.2, -0.15) is 0 Å². The Morgan fingerprint density at radius 1 is 1.25 bits per heavy atom. The molecule has 1 aliphatic rings. The molecule has 24 heavy (non-hydrogen) atoms. The van der Waals surface area contributed by atoms with Gasteiger partial charge in [-0.25, -0.2) is 0 Å². The fourth-order valence-corrected chi connectivity index (χ4v) is 3.75. The Labute approximate surface area is 146 Å². The third kappa shape index (κ3) is 3.19. The van der Waals surface area contributed by atoms with Gasteiger partial charge in [0.2, 0.25) is 0 Å². The predicted molar refractivity (Wildman–Crippen MR) is 103 cm³/mol. The Morgan fingerprint density at radius 2 is 2.04 bits per heavy atom. The van der Waals surface area contributed by atoms with Gasteiger partial charge in [-0.1, -0.05) is 43.8 Å². The standard InChI is InChI=1S/C22H28N2/c1-5-18-13-19(21-10-7-6-9-16(21)2)14-20-15-24(17(3)23-4)12-8-11-22(18)20/h6-7,9-10,13-14,23H,3,5,8,11-12,15H2,1-2,4H3. The molecule has 0 aromatic heterocycles. The fraction of sp³-hybridized carbons (Fsp3) is 0.364. The number of rotatable bonds is 4. The van der Waals surface area contributed by atoms with Crippen LogP contribution in [0.2, 0.25) is 0 Å². The summed E-state index contributed by atoms with van der Waals surface area (Å²) in [6, 6.07) is 13.5. The van der Waals surface area contributed by atoms with Gasteiger partial charge >= 0.3 is 0 Å². The number of aryl methyl sites for hydroxylation is 2. The zero-order chi connectivity index (χ0) is 17.1. The van der Waals surface area contributed by atoms with Gasteiger partial charge < -0.3 is 10.2 Å². The van der Waals surface area contributed by atoms with Crippen molar-refractivity contribution in [2.45, 2.75) is 39.7 Å². The zero-order valence-corrected chi connectivity index (χ0v) is 15.2. The molecule has 1 heterocycles. The number of hydrogen-bond donors (Lipinski definition) is 1. The van der Waals surface area contributed by atoms with E-state index in [4.69, 9.17) is 0 Å². The summed E-state index contributed by atoms with van der Waals surface area (Å²) >= 11 is 0. The summed E-state index contributed by atoms with van der Waals surface area (Å²) in [7, 11) is 1.95. The lowest BCUT2D eigenvalue weighted by molar-refractivity contribution is 0.324. The second-order valence-corrected chi connectivity index (χ2v) is 6.66. The summed E-state index contributed by atoms with van der Waals surface area (Å²) in [5.41, 5.74) is 8.55. The van der Waals surface area contributed by atoms with Crippen molar-refractivity contribution >= 4 is 0 Å². The van der Waals surface area contributed by atoms with E-state index >= 15 is 0 Å². The minimum Gasteiger partial charge on any atom is -0.375 e. The van der Waals surface area contributed by atoms with Gasteiger partial charge in [0.15, 0.2) is 0 Å². The average Bonchev–Trinajstić information content (AvgIpc) is 2.83. The molecule has 1 N–H and O–H groups in total. The van der Waals surface area contributed by atoms with E-state index in [2.05, 4.69) is 67.0 Å². The molecule has 2 nitrogen and oxygen atoms in total. The van der Waals surface area contributed by atoms with Crippen LogP contribution in [-0.4, -0.2) is 18.5 Å². The van der Waals surface area contributed by atoms with E-state index in [0.717, 1.165) is 25.3 Å². The second kappa shape index (κ2) is 7.12. The zero-order valence-electron chi connectivity index (χ0n) is 15.2. The fourth-order valence-electron chi connectivity index (χ4n) is 3.75. The van der Waals surface area contributed by atoms with Gasteiger partial charge in [-0.15, -0.1) is 0 Å². The number of nitrogens with one attached hydrogen (secondary N) is 1. The third-order valence-electron chi connectivity index (χ3n) is 5.16. The molecule has 1 aliphatic heterocycles. The van der Waals surface area contributed by atoms with E-state index in [0.29, 0.717) is 0 Å². The number of hydrogen-bond acceptors (Lipinski definition) is 2. The van der Waals surface area contributed by atoms with Crippen molar-refractivity contribution in [2.24, 2.45) is 0 Å². The topological polar surface area (TPSA) is 15.3 Å². The average molecular weight is 320 g/mol. The van der Waals surface area contributed by atoms with E-state index < -0.39 is 0 Å². The highest BCUT2D eigenvalue weighted by molar-refractivity contribution is 5.69. The molecular formula is C22H28N2. The monoisotopic (exact) mass is 320 g/mol. The number of nitrogens with zero attached hydrogens (tertiary/aromatic N) is 1. The lowest BCUT2D eigenvalue weighted by atomic mass is 9.90. The van der Waals surface area contributed by atoms with Crippen molar-refractivity contribution < 1.29 is 0 Å². The van der Waals surface area contributed by atoms with E-state index in [9.17, 15) is 0 Å². The Hall–Kier alpha value is -2.22. The largest absolute Gasteiger partial charge is 0.375 e. The molecule has 126 valence electrons. The second-order valence-electron chi connectivity index (χ2n) is 6.66. The summed E-state index contributed by atoms with van der Waals surface area (Å²) in [4.78, 5) is 2.37. The first-order valence-electron chi connectivity index (χ1n) is 8.96. The Bertz CT molecular complexity index is 746. The highest BCUT2D eigenvalue weighted by Gasteiger charge is 2.18. The summed E-state index contributed by atoms with van der Waals surface area (Å²) in [6.07, 6.45) is 3.44. The molecule has 0 radical (unpaired) electrons. The van der Waals surface area contributed by atoms with Gasteiger partial charge in [0.1, 0.15) is 0 Å². The van der Waals surface area contributed by atoms with Crippen LogP contribution in [0.25, 0.3) is 11.1 Å². The van der Waals surface area contributed by atoms with Crippen LogP contribution in [0, 0.1) is 6.92 Å². The number of benzene rings is 2. The molecule has 0 amide bonds. The first-order chi connectivity index (χ1) is 11.6. The van der Waals surface area contributed by atoms with Crippen LogP contribution in [0.4, 0.5) is 0 Å². The van der Waals surface area contributed by atoms with Crippen LogP contribution in [0.5, 0.6) is 0 Å². The molecule has 0 fully saturated rings. The minimum atomic E-state index is 0.946. The normalized spacial score (nSPS) is 14.0. The molecule has 0 saturated carbocycles. The maximum Gasteiger partial charge on any atom is 0.0939 e. The molecule has 0 aliphatic carbocycles. The van der Waals surface area contributed by atoms with Crippen molar-refractivity contribution in [2.75, 3.05) is 13.6 Å². The lowest BCUT2D eigenvalue weighted by Crippen LogP contribution is -2.28. The van der Waals surface area contributed by atoms with Crippen molar-refractivity contribution in [3.05, 3.63) is 71.1 Å². The Balaban J connectivity index is 2.08. The minimum absolute atomic E-state index is 0.946. The molecule has 0 bridgehead atoms. The molecule has 0 saturated heterocycles. The molecule has 0 atom stereocenters. The van der Waals surface area contributed by atoms with Crippen molar-refractivity contribution in [3.8, 4) is 11.1 Å². The van der Waals surface area contributed by atoms with Gasteiger partial charge in [0, 0.05) is 20.1 Å². The molecular weight excluding hydrogens is 292 g/mol. The van der Waals surface area contributed by atoms with Crippen LogP contribution < -0.4 is 5.32 Å². The first-order valence-corrected chi connectivity index (χ1v) is 8.96. The summed E-state index contributed by atoms with van der Waals surface area (Å²) < 4.78 is 0. The summed E-state index contributed by atoms with van der Waals surface area (Å²) in [5, 5.41) is 3.21. The molecule has 2 aromatic carbocycles. The Kier molecular flexibility index (Phi) is 4.94. The lowest BCUT2D eigenvalue weighted by Gasteiger charge is -2.25. The summed E-state index contributed by atoms with van der Waals surface area (Å²) in [6.45, 7) is 10.6. The smallest absolute Gasteiger partial charge is 0.0939 e. The maximum atomic E-state index is 4.16. The molecule has 0 unspecified atom stereocenters.